The van der Waals surface area contributed by atoms with E-state index in [1.165, 1.54) is 0 Å². The summed E-state index contributed by atoms with van der Waals surface area (Å²) in [4.78, 5) is 17.7. The molecule has 122 valence electrons. The van der Waals surface area contributed by atoms with Gasteiger partial charge in [-0.1, -0.05) is 6.07 Å². The number of rotatable bonds is 3. The summed E-state index contributed by atoms with van der Waals surface area (Å²) in [6.45, 7) is 1.37. The van der Waals surface area contributed by atoms with E-state index < -0.39 is 0 Å². The van der Waals surface area contributed by atoms with Gasteiger partial charge >= 0.3 is 0 Å². The minimum Gasteiger partial charge on any atom is -0.473 e. The molecule has 0 saturated carbocycles. The fourth-order valence-electron chi connectivity index (χ4n) is 3.06. The van der Waals surface area contributed by atoms with Crippen molar-refractivity contribution in [3.63, 3.8) is 0 Å². The van der Waals surface area contributed by atoms with Crippen LogP contribution in [0.1, 0.15) is 23.2 Å². The molecule has 6 nitrogen and oxygen atoms in total. The van der Waals surface area contributed by atoms with Crippen LogP contribution in [0.3, 0.4) is 0 Å². The lowest BCUT2D eigenvalue weighted by Crippen LogP contribution is -2.41. The molecule has 1 N–H and O–H groups in total. The van der Waals surface area contributed by atoms with Crippen molar-refractivity contribution in [3.05, 3.63) is 54.4 Å². The van der Waals surface area contributed by atoms with Crippen LogP contribution in [0.15, 0.2) is 48.8 Å². The number of carbonyl (C=O) groups is 1. The molecule has 2 aromatic heterocycles. The van der Waals surface area contributed by atoms with Crippen molar-refractivity contribution in [2.45, 2.75) is 18.9 Å². The van der Waals surface area contributed by atoms with Crippen LogP contribution in [-0.4, -0.2) is 45.2 Å². The zero-order chi connectivity index (χ0) is 16.4. The predicted molar refractivity (Wildman–Crippen MR) is 89.9 cm³/mol. The van der Waals surface area contributed by atoms with Crippen LogP contribution in [0.2, 0.25) is 0 Å². The van der Waals surface area contributed by atoms with Gasteiger partial charge in [0.1, 0.15) is 6.10 Å². The van der Waals surface area contributed by atoms with Crippen molar-refractivity contribution in [2.75, 3.05) is 13.1 Å². The summed E-state index contributed by atoms with van der Waals surface area (Å²) in [5, 5.41) is 8.87. The average molecular weight is 322 g/mol. The van der Waals surface area contributed by atoms with Crippen LogP contribution < -0.4 is 4.74 Å². The fraction of sp³-hybridized carbons (Fsp3) is 0.278. The van der Waals surface area contributed by atoms with E-state index in [4.69, 9.17) is 4.74 Å². The molecular weight excluding hydrogens is 304 g/mol. The summed E-state index contributed by atoms with van der Waals surface area (Å²) in [5.41, 5.74) is 1.71. The number of nitrogens with one attached hydrogen (secondary N) is 1. The second-order valence-electron chi connectivity index (χ2n) is 5.95. The Balaban J connectivity index is 1.39. The van der Waals surface area contributed by atoms with Crippen molar-refractivity contribution in [3.8, 4) is 5.88 Å². The molecule has 4 rings (SSSR count). The minimum atomic E-state index is 0.0736. The van der Waals surface area contributed by atoms with E-state index in [1.807, 2.05) is 35.4 Å². The number of hydrogen-bond donors (Lipinski definition) is 1. The van der Waals surface area contributed by atoms with Crippen LogP contribution in [0, 0.1) is 0 Å². The highest BCUT2D eigenvalue weighted by atomic mass is 16.5. The lowest BCUT2D eigenvalue weighted by Gasteiger charge is -2.31. The van der Waals surface area contributed by atoms with Crippen molar-refractivity contribution in [1.29, 1.82) is 0 Å². The van der Waals surface area contributed by atoms with Gasteiger partial charge < -0.3 is 14.6 Å². The molecule has 0 bridgehead atoms. The smallest absolute Gasteiger partial charge is 0.253 e. The van der Waals surface area contributed by atoms with E-state index in [1.54, 1.807) is 18.3 Å². The lowest BCUT2D eigenvalue weighted by atomic mass is 10.1. The Hall–Kier alpha value is -2.89. The summed E-state index contributed by atoms with van der Waals surface area (Å²) in [5.74, 6) is 0.615. The normalized spacial score (nSPS) is 15.6. The molecule has 1 fully saturated rings. The van der Waals surface area contributed by atoms with Crippen molar-refractivity contribution in [2.24, 2.45) is 0 Å². The SMILES string of the molecule is O=C(c1ccc2cc[nH]c2c1)N1CCC(Oc2cccnn2)CC1. The molecule has 3 heterocycles. The molecule has 0 aliphatic carbocycles. The maximum absolute atomic E-state index is 12.7. The van der Waals surface area contributed by atoms with Gasteiger partial charge in [-0.3, -0.25) is 4.79 Å². The number of benzene rings is 1. The van der Waals surface area contributed by atoms with Gasteiger partial charge in [-0.2, -0.15) is 5.10 Å². The summed E-state index contributed by atoms with van der Waals surface area (Å²) >= 11 is 0. The molecule has 6 heteroatoms. The molecule has 0 spiro atoms. The van der Waals surface area contributed by atoms with E-state index in [-0.39, 0.29) is 12.0 Å². The van der Waals surface area contributed by atoms with Crippen LogP contribution in [0.4, 0.5) is 0 Å². The Morgan fingerprint density at radius 1 is 1.21 bits per heavy atom. The topological polar surface area (TPSA) is 71.1 Å². The number of aromatic amines is 1. The van der Waals surface area contributed by atoms with Crippen molar-refractivity contribution >= 4 is 16.8 Å². The van der Waals surface area contributed by atoms with Crippen LogP contribution in [0.5, 0.6) is 5.88 Å². The Morgan fingerprint density at radius 3 is 2.88 bits per heavy atom. The number of nitrogens with zero attached hydrogens (tertiary/aromatic N) is 3. The van der Waals surface area contributed by atoms with Crippen LogP contribution in [-0.2, 0) is 0 Å². The van der Waals surface area contributed by atoms with Gasteiger partial charge in [0.15, 0.2) is 0 Å². The Morgan fingerprint density at radius 2 is 2.08 bits per heavy atom. The van der Waals surface area contributed by atoms with E-state index in [9.17, 15) is 4.79 Å². The number of H-pyrrole nitrogens is 1. The third-order valence-corrected chi connectivity index (χ3v) is 4.37. The molecule has 1 aromatic carbocycles. The first-order valence-corrected chi connectivity index (χ1v) is 8.10. The molecule has 0 unspecified atom stereocenters. The first-order valence-electron chi connectivity index (χ1n) is 8.10. The zero-order valence-electron chi connectivity index (χ0n) is 13.2. The number of ether oxygens (including phenoxy) is 1. The summed E-state index contributed by atoms with van der Waals surface area (Å²) in [6, 6.07) is 11.4. The van der Waals surface area contributed by atoms with Crippen molar-refractivity contribution in [1.82, 2.24) is 20.1 Å². The van der Waals surface area contributed by atoms with Gasteiger partial charge in [0.25, 0.3) is 5.91 Å². The zero-order valence-corrected chi connectivity index (χ0v) is 13.2. The lowest BCUT2D eigenvalue weighted by molar-refractivity contribution is 0.0586. The predicted octanol–water partition coefficient (Wildman–Crippen LogP) is 2.64. The molecule has 1 saturated heterocycles. The number of fused-ring (bicyclic) bond motifs is 1. The van der Waals surface area contributed by atoms with Gasteiger partial charge in [0, 0.05) is 55.5 Å². The molecule has 1 aliphatic rings. The first-order chi connectivity index (χ1) is 11.8. The Bertz CT molecular complexity index is 838. The number of aromatic nitrogens is 3. The third kappa shape index (κ3) is 2.95. The summed E-state index contributed by atoms with van der Waals surface area (Å²) in [7, 11) is 0. The second-order valence-corrected chi connectivity index (χ2v) is 5.95. The van der Waals surface area contributed by atoms with E-state index in [0.717, 1.165) is 29.3 Å². The van der Waals surface area contributed by atoms with E-state index in [2.05, 4.69) is 15.2 Å². The molecule has 1 amide bonds. The molecule has 1 aliphatic heterocycles. The fourth-order valence-corrected chi connectivity index (χ4v) is 3.06. The van der Waals surface area contributed by atoms with Crippen molar-refractivity contribution < 1.29 is 9.53 Å². The average Bonchev–Trinajstić information content (AvgIpc) is 3.10. The highest BCUT2D eigenvalue weighted by Gasteiger charge is 2.25. The summed E-state index contributed by atoms with van der Waals surface area (Å²) in [6.07, 6.45) is 5.18. The Labute approximate surface area is 139 Å². The first kappa shape index (κ1) is 14.7. The van der Waals surface area contributed by atoms with E-state index >= 15 is 0 Å². The van der Waals surface area contributed by atoms with Gasteiger partial charge in [-0.05, 0) is 29.7 Å². The molecular formula is C18H18N4O2. The highest BCUT2D eigenvalue weighted by Crippen LogP contribution is 2.20. The number of piperidine rings is 1. The summed E-state index contributed by atoms with van der Waals surface area (Å²) < 4.78 is 5.82. The van der Waals surface area contributed by atoms with Crippen LogP contribution >= 0.6 is 0 Å². The second kappa shape index (κ2) is 6.31. The van der Waals surface area contributed by atoms with Gasteiger partial charge in [-0.15, -0.1) is 5.10 Å². The maximum Gasteiger partial charge on any atom is 0.253 e. The van der Waals surface area contributed by atoms with E-state index in [0.29, 0.717) is 19.0 Å². The quantitative estimate of drug-likeness (QED) is 0.805. The van der Waals surface area contributed by atoms with Gasteiger partial charge in [0.05, 0.1) is 0 Å². The molecule has 24 heavy (non-hydrogen) atoms. The molecule has 3 aromatic rings. The number of carbonyl (C=O) groups excluding carboxylic acids is 1. The highest BCUT2D eigenvalue weighted by molar-refractivity contribution is 5.98. The maximum atomic E-state index is 12.7. The largest absolute Gasteiger partial charge is 0.473 e. The Kier molecular flexibility index (Phi) is 3.86. The third-order valence-electron chi connectivity index (χ3n) is 4.37. The van der Waals surface area contributed by atoms with Gasteiger partial charge in [0.2, 0.25) is 5.88 Å². The number of hydrogen-bond acceptors (Lipinski definition) is 4. The van der Waals surface area contributed by atoms with Crippen LogP contribution in [0.25, 0.3) is 10.9 Å². The molecule has 0 radical (unpaired) electrons. The standard InChI is InChI=1S/C18H18N4O2/c23-18(14-4-3-13-5-9-19-16(13)12-14)22-10-6-15(7-11-22)24-17-2-1-8-20-21-17/h1-5,8-9,12,15,19H,6-7,10-11H2. The molecule has 0 atom stereocenters. The minimum absolute atomic E-state index is 0.0736. The number of likely N-dealkylation sites (tertiary alicyclic amines) is 1. The monoisotopic (exact) mass is 322 g/mol. The number of amides is 1. The van der Waals surface area contributed by atoms with Gasteiger partial charge in [-0.25, -0.2) is 0 Å².